The standard InChI is InChI=1S/C22H27N3/c1-2-18(20-14-24-21-11-7-6-10-19(20)21)22-15-23-12-13-25(22)16-17-8-4-3-5-9-17/h3-11,14,18,22-24H,2,12-13,15-16H2,1H3. The molecule has 2 atom stereocenters. The van der Waals surface area contributed by atoms with E-state index in [1.54, 1.807) is 0 Å². The summed E-state index contributed by atoms with van der Waals surface area (Å²) >= 11 is 0. The molecule has 2 aromatic carbocycles. The van der Waals surface area contributed by atoms with Gasteiger partial charge in [-0.3, -0.25) is 4.90 Å². The van der Waals surface area contributed by atoms with Gasteiger partial charge in [-0.05, 0) is 23.6 Å². The first-order valence-electron chi connectivity index (χ1n) is 9.41. The van der Waals surface area contributed by atoms with Crippen molar-refractivity contribution >= 4 is 10.9 Å². The van der Waals surface area contributed by atoms with Gasteiger partial charge in [0.1, 0.15) is 0 Å². The van der Waals surface area contributed by atoms with Crippen LogP contribution in [0.4, 0.5) is 0 Å². The molecule has 4 rings (SSSR count). The summed E-state index contributed by atoms with van der Waals surface area (Å²) in [6, 6.07) is 20.1. The molecule has 1 saturated heterocycles. The van der Waals surface area contributed by atoms with E-state index in [0.29, 0.717) is 12.0 Å². The lowest BCUT2D eigenvalue weighted by Crippen LogP contribution is -2.53. The molecule has 3 aromatic rings. The molecule has 0 amide bonds. The molecule has 1 fully saturated rings. The lowest BCUT2D eigenvalue weighted by molar-refractivity contribution is 0.128. The molecule has 3 heteroatoms. The number of benzene rings is 2. The molecule has 1 aliphatic rings. The Morgan fingerprint density at radius 1 is 1.08 bits per heavy atom. The van der Waals surface area contributed by atoms with Crippen molar-refractivity contribution in [2.24, 2.45) is 0 Å². The van der Waals surface area contributed by atoms with Gasteiger partial charge in [-0.15, -0.1) is 0 Å². The number of nitrogens with one attached hydrogen (secondary N) is 2. The maximum Gasteiger partial charge on any atom is 0.0456 e. The van der Waals surface area contributed by atoms with E-state index >= 15 is 0 Å². The van der Waals surface area contributed by atoms with Gasteiger partial charge in [-0.1, -0.05) is 55.5 Å². The fourth-order valence-corrected chi connectivity index (χ4v) is 4.28. The van der Waals surface area contributed by atoms with E-state index in [1.165, 1.54) is 22.0 Å². The largest absolute Gasteiger partial charge is 0.361 e. The van der Waals surface area contributed by atoms with Crippen LogP contribution in [0.5, 0.6) is 0 Å². The number of hydrogen-bond acceptors (Lipinski definition) is 2. The third-order valence-corrected chi connectivity index (χ3v) is 5.55. The quantitative estimate of drug-likeness (QED) is 0.735. The van der Waals surface area contributed by atoms with Crippen molar-refractivity contribution in [3.05, 3.63) is 71.9 Å². The van der Waals surface area contributed by atoms with Crippen LogP contribution in [-0.2, 0) is 6.54 Å². The zero-order valence-corrected chi connectivity index (χ0v) is 14.9. The van der Waals surface area contributed by atoms with Crippen LogP contribution in [0.1, 0.15) is 30.4 Å². The third kappa shape index (κ3) is 3.35. The average Bonchev–Trinajstić information content (AvgIpc) is 3.09. The summed E-state index contributed by atoms with van der Waals surface area (Å²) < 4.78 is 0. The fourth-order valence-electron chi connectivity index (χ4n) is 4.28. The number of fused-ring (bicyclic) bond motifs is 1. The Balaban J connectivity index is 1.63. The second-order valence-corrected chi connectivity index (χ2v) is 7.03. The zero-order valence-electron chi connectivity index (χ0n) is 14.9. The summed E-state index contributed by atoms with van der Waals surface area (Å²) in [5.74, 6) is 0.535. The summed E-state index contributed by atoms with van der Waals surface area (Å²) in [5.41, 5.74) is 4.11. The SMILES string of the molecule is CCC(c1c[nH]c2ccccc12)C1CNCCN1Cc1ccccc1. The fraction of sp³-hybridized carbons (Fsp3) is 0.364. The third-order valence-electron chi connectivity index (χ3n) is 5.55. The first kappa shape index (κ1) is 16.4. The van der Waals surface area contributed by atoms with Gasteiger partial charge in [0.2, 0.25) is 0 Å². The molecule has 0 bridgehead atoms. The molecule has 2 heterocycles. The van der Waals surface area contributed by atoms with Crippen molar-refractivity contribution in [2.45, 2.75) is 31.8 Å². The van der Waals surface area contributed by atoms with Gasteiger partial charge in [-0.25, -0.2) is 0 Å². The van der Waals surface area contributed by atoms with Gasteiger partial charge in [0.05, 0.1) is 0 Å². The molecular weight excluding hydrogens is 306 g/mol. The van der Waals surface area contributed by atoms with Crippen molar-refractivity contribution in [1.82, 2.24) is 15.2 Å². The van der Waals surface area contributed by atoms with Crippen molar-refractivity contribution in [3.8, 4) is 0 Å². The highest BCUT2D eigenvalue weighted by molar-refractivity contribution is 5.83. The highest BCUT2D eigenvalue weighted by Gasteiger charge is 2.31. The van der Waals surface area contributed by atoms with Gasteiger partial charge in [0.15, 0.2) is 0 Å². The number of piperazine rings is 1. The maximum atomic E-state index is 3.62. The van der Waals surface area contributed by atoms with Crippen LogP contribution in [-0.4, -0.2) is 35.6 Å². The normalized spacial score (nSPS) is 20.0. The summed E-state index contributed by atoms with van der Waals surface area (Å²) in [6.45, 7) is 6.60. The van der Waals surface area contributed by atoms with Crippen molar-refractivity contribution < 1.29 is 0 Å². The first-order valence-corrected chi connectivity index (χ1v) is 9.41. The van der Waals surface area contributed by atoms with E-state index < -0.39 is 0 Å². The number of nitrogens with zero attached hydrogens (tertiary/aromatic N) is 1. The molecule has 0 saturated carbocycles. The number of rotatable bonds is 5. The summed E-state index contributed by atoms with van der Waals surface area (Å²) in [7, 11) is 0. The van der Waals surface area contributed by atoms with E-state index in [9.17, 15) is 0 Å². The minimum Gasteiger partial charge on any atom is -0.361 e. The van der Waals surface area contributed by atoms with E-state index in [1.807, 2.05) is 0 Å². The van der Waals surface area contributed by atoms with E-state index in [0.717, 1.165) is 32.6 Å². The number of aromatic amines is 1. The average molecular weight is 333 g/mol. The summed E-state index contributed by atoms with van der Waals surface area (Å²) in [5, 5.41) is 5.00. The van der Waals surface area contributed by atoms with Crippen molar-refractivity contribution in [3.63, 3.8) is 0 Å². The predicted octanol–water partition coefficient (Wildman–Crippen LogP) is 4.14. The Morgan fingerprint density at radius 3 is 2.72 bits per heavy atom. The van der Waals surface area contributed by atoms with Gasteiger partial charge in [-0.2, -0.15) is 0 Å². The summed E-state index contributed by atoms with van der Waals surface area (Å²) in [4.78, 5) is 6.14. The van der Waals surface area contributed by atoms with Gasteiger partial charge in [0, 0.05) is 55.2 Å². The number of H-pyrrole nitrogens is 1. The molecule has 0 spiro atoms. The van der Waals surface area contributed by atoms with Crippen LogP contribution >= 0.6 is 0 Å². The van der Waals surface area contributed by atoms with Crippen LogP contribution < -0.4 is 5.32 Å². The van der Waals surface area contributed by atoms with Crippen molar-refractivity contribution in [2.75, 3.05) is 19.6 Å². The monoisotopic (exact) mass is 333 g/mol. The van der Waals surface area contributed by atoms with Gasteiger partial charge >= 0.3 is 0 Å². The van der Waals surface area contributed by atoms with Crippen LogP contribution in [0.2, 0.25) is 0 Å². The second kappa shape index (κ2) is 7.42. The van der Waals surface area contributed by atoms with Crippen LogP contribution in [0.25, 0.3) is 10.9 Å². The van der Waals surface area contributed by atoms with Gasteiger partial charge < -0.3 is 10.3 Å². The molecule has 2 unspecified atom stereocenters. The Morgan fingerprint density at radius 2 is 1.88 bits per heavy atom. The molecule has 2 N–H and O–H groups in total. The Hall–Kier alpha value is -2.10. The van der Waals surface area contributed by atoms with Crippen LogP contribution in [0, 0.1) is 0 Å². The van der Waals surface area contributed by atoms with Crippen LogP contribution in [0.3, 0.4) is 0 Å². The topological polar surface area (TPSA) is 31.1 Å². The molecule has 1 aliphatic heterocycles. The second-order valence-electron chi connectivity index (χ2n) is 7.03. The Labute approximate surface area is 150 Å². The summed E-state index contributed by atoms with van der Waals surface area (Å²) in [6.07, 6.45) is 3.38. The molecule has 0 aliphatic carbocycles. The van der Waals surface area contributed by atoms with E-state index in [2.05, 4.69) is 82.9 Å². The molecule has 130 valence electrons. The molecule has 0 radical (unpaired) electrons. The lowest BCUT2D eigenvalue weighted by Gasteiger charge is -2.40. The number of aromatic nitrogens is 1. The molecular formula is C22H27N3. The maximum absolute atomic E-state index is 3.62. The highest BCUT2D eigenvalue weighted by Crippen LogP contribution is 2.33. The number of hydrogen-bond donors (Lipinski definition) is 2. The Kier molecular flexibility index (Phi) is 4.86. The minimum atomic E-state index is 0.526. The predicted molar refractivity (Wildman–Crippen MR) is 105 cm³/mol. The molecule has 1 aromatic heterocycles. The Bertz CT molecular complexity index is 808. The highest BCUT2D eigenvalue weighted by atomic mass is 15.2. The van der Waals surface area contributed by atoms with Crippen molar-refractivity contribution in [1.29, 1.82) is 0 Å². The van der Waals surface area contributed by atoms with E-state index in [4.69, 9.17) is 0 Å². The smallest absolute Gasteiger partial charge is 0.0456 e. The van der Waals surface area contributed by atoms with E-state index in [-0.39, 0.29) is 0 Å². The molecule has 3 nitrogen and oxygen atoms in total. The lowest BCUT2D eigenvalue weighted by atomic mass is 9.86. The van der Waals surface area contributed by atoms with Gasteiger partial charge in [0.25, 0.3) is 0 Å². The molecule has 25 heavy (non-hydrogen) atoms. The number of para-hydroxylation sites is 1. The first-order chi connectivity index (χ1) is 12.4. The zero-order chi connectivity index (χ0) is 17.1. The minimum absolute atomic E-state index is 0.526. The van der Waals surface area contributed by atoms with Crippen LogP contribution in [0.15, 0.2) is 60.8 Å².